The number of nitrogens with two attached hydrogens (primary N) is 1. The fourth-order valence-electron chi connectivity index (χ4n) is 3.84. The molecule has 3 aromatic heterocycles. The van der Waals surface area contributed by atoms with E-state index in [-0.39, 0.29) is 12.4 Å². The summed E-state index contributed by atoms with van der Waals surface area (Å²) in [5.41, 5.74) is 8.12. The predicted octanol–water partition coefficient (Wildman–Crippen LogP) is 0.416. The van der Waals surface area contributed by atoms with Gasteiger partial charge in [-0.2, -0.15) is 0 Å². The van der Waals surface area contributed by atoms with E-state index in [9.17, 15) is 19.7 Å². The second-order valence-corrected chi connectivity index (χ2v) is 9.26. The van der Waals surface area contributed by atoms with Crippen LogP contribution in [-0.2, 0) is 20.4 Å². The van der Waals surface area contributed by atoms with Crippen LogP contribution in [0.25, 0.3) is 22.1 Å². The van der Waals surface area contributed by atoms with Crippen LogP contribution >= 0.6 is 7.75 Å². The molecule has 0 spiro atoms. The van der Waals surface area contributed by atoms with Crippen LogP contribution in [-0.4, -0.2) is 64.5 Å². The molecule has 1 aromatic carbocycles. The molecule has 5 atom stereocenters. The van der Waals surface area contributed by atoms with Gasteiger partial charge in [0.2, 0.25) is 0 Å². The first kappa shape index (κ1) is 21.9. The molecule has 33 heavy (non-hydrogen) atoms. The van der Waals surface area contributed by atoms with E-state index in [1.807, 2.05) is 24.3 Å². The van der Waals surface area contributed by atoms with Gasteiger partial charge in [0.05, 0.1) is 12.9 Å². The topological polar surface area (TPSA) is 194 Å². The normalized spacial score (nSPS) is 25.1. The first-order chi connectivity index (χ1) is 15.8. The van der Waals surface area contributed by atoms with Crippen molar-refractivity contribution >= 4 is 35.6 Å². The first-order valence-corrected chi connectivity index (χ1v) is 11.6. The zero-order chi connectivity index (χ0) is 23.2. The van der Waals surface area contributed by atoms with Crippen molar-refractivity contribution in [1.29, 1.82) is 0 Å². The Morgan fingerprint density at radius 3 is 2.91 bits per heavy atom. The minimum absolute atomic E-state index is 0.0826. The van der Waals surface area contributed by atoms with Crippen molar-refractivity contribution in [1.82, 2.24) is 29.6 Å². The van der Waals surface area contributed by atoms with Gasteiger partial charge in [-0.15, -0.1) is 0 Å². The number of ether oxygens (including phenoxy) is 1. The molecule has 1 fully saturated rings. The lowest BCUT2D eigenvalue weighted by molar-refractivity contribution is -0.0487. The van der Waals surface area contributed by atoms with E-state index in [2.05, 4.69) is 25.0 Å². The molecule has 0 bridgehead atoms. The number of nitrogen functional groups attached to an aromatic ring is 1. The van der Waals surface area contributed by atoms with Gasteiger partial charge in [0, 0.05) is 23.6 Å². The summed E-state index contributed by atoms with van der Waals surface area (Å²) in [6.07, 6.45) is -0.505. The Morgan fingerprint density at radius 2 is 2.06 bits per heavy atom. The summed E-state index contributed by atoms with van der Waals surface area (Å²) in [5, 5.41) is 24.3. The van der Waals surface area contributed by atoms with Gasteiger partial charge in [-0.05, 0) is 11.6 Å². The number of nitrogens with one attached hydrogen (secondary N) is 2. The molecule has 174 valence electrons. The van der Waals surface area contributed by atoms with Crippen molar-refractivity contribution in [3.05, 3.63) is 48.7 Å². The van der Waals surface area contributed by atoms with Crippen LogP contribution < -0.4 is 10.8 Å². The number of aromatic nitrogens is 5. The Morgan fingerprint density at radius 1 is 1.24 bits per heavy atom. The SMILES string of the molecule is Nc1ncnc2c1ncn2[C@@H]1O[C@H](COP(=O)(O)NCc2c[nH]c3ccccc23)[C@@H](O)[C@H]1O. The number of para-hydroxylation sites is 1. The van der Waals surface area contributed by atoms with Crippen LogP contribution in [0.5, 0.6) is 0 Å². The quantitative estimate of drug-likeness (QED) is 0.203. The summed E-state index contributed by atoms with van der Waals surface area (Å²) in [6.45, 7) is -0.355. The van der Waals surface area contributed by atoms with Crippen LogP contribution in [0.3, 0.4) is 0 Å². The summed E-state index contributed by atoms with van der Waals surface area (Å²) < 4.78 is 24.7. The van der Waals surface area contributed by atoms with Gasteiger partial charge < -0.3 is 30.6 Å². The highest BCUT2D eigenvalue weighted by atomic mass is 31.2. The van der Waals surface area contributed by atoms with Gasteiger partial charge >= 0.3 is 7.75 Å². The summed E-state index contributed by atoms with van der Waals surface area (Å²) >= 11 is 0. The van der Waals surface area contributed by atoms with Crippen molar-refractivity contribution in [2.75, 3.05) is 12.3 Å². The van der Waals surface area contributed by atoms with Crippen LogP contribution in [0.1, 0.15) is 11.8 Å². The largest absolute Gasteiger partial charge is 0.403 e. The average molecular weight is 475 g/mol. The molecule has 1 saturated heterocycles. The molecule has 0 radical (unpaired) electrons. The second kappa shape index (κ2) is 8.47. The number of hydrogen-bond acceptors (Lipinski definition) is 9. The lowest BCUT2D eigenvalue weighted by Crippen LogP contribution is -2.34. The zero-order valence-corrected chi connectivity index (χ0v) is 18.0. The molecule has 14 heteroatoms. The Kier molecular flexibility index (Phi) is 5.62. The van der Waals surface area contributed by atoms with Crippen molar-refractivity contribution in [2.45, 2.75) is 31.1 Å². The van der Waals surface area contributed by atoms with Gasteiger partial charge in [-0.25, -0.2) is 24.6 Å². The molecule has 0 aliphatic carbocycles. The highest BCUT2D eigenvalue weighted by molar-refractivity contribution is 7.50. The monoisotopic (exact) mass is 475 g/mol. The first-order valence-electron chi connectivity index (χ1n) is 10.1. The average Bonchev–Trinajstić information content (AvgIpc) is 3.49. The molecule has 0 saturated carbocycles. The molecule has 7 N–H and O–H groups in total. The predicted molar refractivity (Wildman–Crippen MR) is 117 cm³/mol. The van der Waals surface area contributed by atoms with E-state index in [1.54, 1.807) is 6.20 Å². The zero-order valence-electron chi connectivity index (χ0n) is 17.1. The highest BCUT2D eigenvalue weighted by Crippen LogP contribution is 2.40. The maximum absolute atomic E-state index is 12.5. The maximum Gasteiger partial charge on any atom is 0.403 e. The Balaban J connectivity index is 1.23. The Labute approximate surface area is 186 Å². The lowest BCUT2D eigenvalue weighted by atomic mass is 10.1. The van der Waals surface area contributed by atoms with Crippen molar-refractivity contribution < 1.29 is 28.9 Å². The molecule has 5 rings (SSSR count). The van der Waals surface area contributed by atoms with E-state index in [0.717, 1.165) is 16.5 Å². The fraction of sp³-hybridized carbons (Fsp3) is 0.316. The number of aliphatic hydroxyl groups excluding tert-OH is 2. The summed E-state index contributed by atoms with van der Waals surface area (Å²) in [7, 11) is -4.23. The van der Waals surface area contributed by atoms with E-state index in [4.69, 9.17) is 15.0 Å². The third-order valence-corrected chi connectivity index (χ3v) is 6.61. The van der Waals surface area contributed by atoms with Crippen molar-refractivity contribution in [3.8, 4) is 0 Å². The van der Waals surface area contributed by atoms with Gasteiger partial charge in [0.25, 0.3) is 0 Å². The molecular formula is C19H22N7O6P. The van der Waals surface area contributed by atoms with E-state index in [0.29, 0.717) is 11.2 Å². The Bertz CT molecular complexity index is 1340. The standard InChI is InChI=1S/C19H22N7O6P/c20-17-14-18(23-8-22-17)26(9-24-14)19-16(28)15(27)13(32-19)7-31-33(29,30)25-6-10-5-21-12-4-2-1-3-11(10)12/h1-5,8-9,13,15-16,19,21,27-28H,6-7H2,(H2,20,22,23)(H2,25,29,30)/t13-,15-,16-,19-/m1/s1. The maximum atomic E-state index is 12.5. The van der Waals surface area contributed by atoms with Crippen LogP contribution in [0, 0.1) is 0 Å². The minimum Gasteiger partial charge on any atom is -0.387 e. The number of H-pyrrole nitrogens is 1. The number of aliphatic hydroxyl groups is 2. The minimum atomic E-state index is -4.23. The summed E-state index contributed by atoms with van der Waals surface area (Å²) in [4.78, 5) is 25.3. The molecule has 1 aliphatic heterocycles. The lowest BCUT2D eigenvalue weighted by Gasteiger charge is -2.18. The van der Waals surface area contributed by atoms with Crippen LogP contribution in [0.2, 0.25) is 0 Å². The van der Waals surface area contributed by atoms with E-state index >= 15 is 0 Å². The number of nitrogens with zero attached hydrogens (tertiary/aromatic N) is 4. The number of aromatic amines is 1. The highest BCUT2D eigenvalue weighted by Gasteiger charge is 2.45. The number of imidazole rings is 1. The molecule has 1 aliphatic rings. The molecule has 4 aromatic rings. The van der Waals surface area contributed by atoms with Crippen LogP contribution in [0.4, 0.5) is 5.82 Å². The fourth-order valence-corrected chi connectivity index (χ4v) is 4.65. The van der Waals surface area contributed by atoms with Gasteiger partial charge in [0.1, 0.15) is 30.2 Å². The molecular weight excluding hydrogens is 453 g/mol. The van der Waals surface area contributed by atoms with Gasteiger partial charge in [-0.1, -0.05) is 18.2 Å². The Hall–Kier alpha value is -2.90. The van der Waals surface area contributed by atoms with E-state index in [1.165, 1.54) is 17.2 Å². The van der Waals surface area contributed by atoms with E-state index < -0.39 is 38.9 Å². The number of rotatable bonds is 7. The molecule has 0 amide bonds. The van der Waals surface area contributed by atoms with Gasteiger partial charge in [-0.3, -0.25) is 9.09 Å². The number of hydrogen-bond donors (Lipinski definition) is 6. The second-order valence-electron chi connectivity index (χ2n) is 7.64. The number of fused-ring (bicyclic) bond motifs is 2. The smallest absolute Gasteiger partial charge is 0.387 e. The molecule has 4 heterocycles. The number of anilines is 1. The van der Waals surface area contributed by atoms with Crippen molar-refractivity contribution in [3.63, 3.8) is 0 Å². The van der Waals surface area contributed by atoms with Crippen LogP contribution in [0.15, 0.2) is 43.1 Å². The molecule has 1 unspecified atom stereocenters. The third kappa shape index (κ3) is 4.11. The number of benzene rings is 1. The molecule has 13 nitrogen and oxygen atoms in total. The van der Waals surface area contributed by atoms with Crippen molar-refractivity contribution in [2.24, 2.45) is 0 Å². The summed E-state index contributed by atoms with van der Waals surface area (Å²) in [5.74, 6) is 0.161. The van der Waals surface area contributed by atoms with Gasteiger partial charge in [0.15, 0.2) is 17.7 Å². The third-order valence-electron chi connectivity index (χ3n) is 5.56. The summed E-state index contributed by atoms with van der Waals surface area (Å²) in [6, 6.07) is 7.56.